The molecule has 2 aromatic rings. The van der Waals surface area contributed by atoms with Gasteiger partial charge < -0.3 is 19.9 Å². The third-order valence-electron chi connectivity index (χ3n) is 7.62. The highest BCUT2D eigenvalue weighted by Gasteiger charge is 2.46. The summed E-state index contributed by atoms with van der Waals surface area (Å²) in [6.07, 6.45) is 10.5. The number of carbonyl (C=O) groups excluding carboxylic acids is 3. The molecule has 5 heterocycles. The number of nitrogens with one attached hydrogen (secondary N) is 1. The first-order valence-corrected chi connectivity index (χ1v) is 14.4. The smallest absolute Gasteiger partial charge is 0.410 e. The molecule has 1 spiro atoms. The van der Waals surface area contributed by atoms with Crippen LogP contribution >= 0.6 is 11.3 Å². The topological polar surface area (TPSA) is 91.8 Å². The number of hydrogen-bond acceptors (Lipinski definition) is 6. The number of aromatic nitrogens is 1. The molecule has 0 atom stereocenters. The van der Waals surface area contributed by atoms with Gasteiger partial charge in [-0.2, -0.15) is 0 Å². The Balaban J connectivity index is 1.19. The van der Waals surface area contributed by atoms with Crippen molar-refractivity contribution in [1.29, 1.82) is 0 Å². The zero-order valence-corrected chi connectivity index (χ0v) is 23.7. The van der Waals surface area contributed by atoms with Gasteiger partial charge in [-0.15, -0.1) is 11.3 Å². The number of nitrogens with zero attached hydrogens (tertiary/aromatic N) is 3. The van der Waals surface area contributed by atoms with Crippen LogP contribution in [0.1, 0.15) is 56.0 Å². The van der Waals surface area contributed by atoms with Crippen LogP contribution in [0.2, 0.25) is 0 Å². The molecule has 1 fully saturated rings. The average Bonchev–Trinajstić information content (AvgIpc) is 3.41. The molecule has 3 aliphatic heterocycles. The van der Waals surface area contributed by atoms with Crippen molar-refractivity contribution < 1.29 is 19.1 Å². The molecule has 0 aliphatic carbocycles. The van der Waals surface area contributed by atoms with Crippen molar-refractivity contribution in [3.8, 4) is 0 Å². The summed E-state index contributed by atoms with van der Waals surface area (Å²) in [6.45, 7) is 7.83. The van der Waals surface area contributed by atoms with Crippen LogP contribution in [0.15, 0.2) is 47.5 Å². The van der Waals surface area contributed by atoms with E-state index in [1.165, 1.54) is 10.5 Å². The number of hydrogen-bond donors (Lipinski definition) is 1. The third-order valence-corrected chi connectivity index (χ3v) is 8.49. The zero-order valence-electron chi connectivity index (χ0n) is 22.9. The zero-order chi connectivity index (χ0) is 27.6. The van der Waals surface area contributed by atoms with Gasteiger partial charge >= 0.3 is 6.09 Å². The van der Waals surface area contributed by atoms with Crippen LogP contribution < -0.4 is 5.32 Å². The van der Waals surface area contributed by atoms with E-state index in [1.54, 1.807) is 34.6 Å². The van der Waals surface area contributed by atoms with Crippen LogP contribution in [0, 0.1) is 5.41 Å². The van der Waals surface area contributed by atoms with Gasteiger partial charge in [0, 0.05) is 49.7 Å². The highest BCUT2D eigenvalue weighted by Crippen LogP contribution is 2.41. The van der Waals surface area contributed by atoms with E-state index in [2.05, 4.69) is 33.9 Å². The number of amides is 3. The molecule has 3 aliphatic rings. The van der Waals surface area contributed by atoms with Crippen LogP contribution in [-0.4, -0.2) is 64.5 Å². The Morgan fingerprint density at radius 1 is 1.21 bits per heavy atom. The molecule has 0 aromatic carbocycles. The minimum atomic E-state index is -0.577. The molecule has 206 valence electrons. The van der Waals surface area contributed by atoms with E-state index >= 15 is 0 Å². The molecule has 1 N–H and O–H groups in total. The lowest BCUT2D eigenvalue weighted by Gasteiger charge is -2.43. The Morgan fingerprint density at radius 3 is 2.67 bits per heavy atom. The van der Waals surface area contributed by atoms with Crippen LogP contribution in [0.25, 0.3) is 6.08 Å². The van der Waals surface area contributed by atoms with E-state index < -0.39 is 11.0 Å². The summed E-state index contributed by atoms with van der Waals surface area (Å²) in [4.78, 5) is 47.7. The van der Waals surface area contributed by atoms with Crippen molar-refractivity contribution in [3.05, 3.63) is 63.5 Å². The lowest BCUT2D eigenvalue weighted by Crippen LogP contribution is -2.51. The number of anilines is 1. The van der Waals surface area contributed by atoms with Gasteiger partial charge in [0.1, 0.15) is 11.4 Å². The summed E-state index contributed by atoms with van der Waals surface area (Å²) in [5.41, 5.74) is 2.03. The molecule has 0 bridgehead atoms. The maximum atomic E-state index is 13.1. The quantitative estimate of drug-likeness (QED) is 0.426. The van der Waals surface area contributed by atoms with Gasteiger partial charge in [0.2, 0.25) is 11.8 Å². The number of ether oxygens (including phenoxy) is 1. The normalized spacial score (nSPS) is 19.1. The number of fused-ring (bicyclic) bond motifs is 1. The Hall–Kier alpha value is -3.46. The number of likely N-dealkylation sites (tertiary alicyclic amines) is 1. The van der Waals surface area contributed by atoms with Crippen molar-refractivity contribution >= 4 is 41.1 Å². The highest BCUT2D eigenvalue weighted by atomic mass is 32.1. The van der Waals surface area contributed by atoms with Crippen molar-refractivity contribution in [2.45, 2.75) is 58.5 Å². The van der Waals surface area contributed by atoms with E-state index in [1.807, 2.05) is 31.7 Å². The second-order valence-electron chi connectivity index (χ2n) is 11.6. The summed E-state index contributed by atoms with van der Waals surface area (Å²) in [6, 6.07) is 6.23. The van der Waals surface area contributed by atoms with Gasteiger partial charge in [0.05, 0.1) is 5.41 Å². The van der Waals surface area contributed by atoms with Gasteiger partial charge in [-0.25, -0.2) is 9.78 Å². The van der Waals surface area contributed by atoms with Crippen molar-refractivity contribution in [1.82, 2.24) is 14.8 Å². The van der Waals surface area contributed by atoms with Gasteiger partial charge in [0.15, 0.2) is 0 Å². The van der Waals surface area contributed by atoms with Crippen molar-refractivity contribution in [2.24, 2.45) is 5.41 Å². The third kappa shape index (κ3) is 6.41. The van der Waals surface area contributed by atoms with E-state index in [-0.39, 0.29) is 17.9 Å². The first-order valence-electron chi connectivity index (χ1n) is 13.6. The molecule has 0 radical (unpaired) electrons. The summed E-state index contributed by atoms with van der Waals surface area (Å²) in [5, 5.41) is 5.07. The Kier molecular flexibility index (Phi) is 7.62. The molecule has 2 aromatic heterocycles. The fourth-order valence-electron chi connectivity index (χ4n) is 5.38. The predicted octanol–water partition coefficient (Wildman–Crippen LogP) is 5.07. The summed E-state index contributed by atoms with van der Waals surface area (Å²) in [5.74, 6) is 0.517. The molecule has 0 unspecified atom stereocenters. The lowest BCUT2D eigenvalue weighted by molar-refractivity contribution is -0.129. The maximum Gasteiger partial charge on any atom is 0.410 e. The fraction of sp³-hybridized carbons (Fsp3) is 0.467. The first kappa shape index (κ1) is 27.1. The van der Waals surface area contributed by atoms with Crippen molar-refractivity contribution in [3.63, 3.8) is 0 Å². The van der Waals surface area contributed by atoms with Crippen LogP contribution in [0.3, 0.4) is 0 Å². The molecular formula is C30H36N4O4S. The molecule has 1 saturated heterocycles. The van der Waals surface area contributed by atoms with Gasteiger partial charge in [0.25, 0.3) is 0 Å². The van der Waals surface area contributed by atoms with Crippen molar-refractivity contribution in [2.75, 3.05) is 31.5 Å². The number of carbonyl (C=O) groups is 3. The molecule has 0 saturated carbocycles. The fourth-order valence-corrected chi connectivity index (χ4v) is 6.14. The monoisotopic (exact) mass is 548 g/mol. The van der Waals surface area contributed by atoms with Gasteiger partial charge in [-0.05, 0) is 81.2 Å². The number of thiophene rings is 1. The Morgan fingerprint density at radius 2 is 2.00 bits per heavy atom. The Labute approximate surface area is 233 Å². The van der Waals surface area contributed by atoms with Gasteiger partial charge in [-0.1, -0.05) is 17.7 Å². The number of pyridine rings is 1. The Bertz CT molecular complexity index is 1300. The largest absolute Gasteiger partial charge is 0.444 e. The number of piperidine rings is 1. The maximum absolute atomic E-state index is 13.1. The second-order valence-corrected chi connectivity index (χ2v) is 12.7. The van der Waals surface area contributed by atoms with E-state index in [0.717, 1.165) is 30.5 Å². The van der Waals surface area contributed by atoms with Crippen LogP contribution in [0.5, 0.6) is 0 Å². The SMILES string of the molecule is CC(C)(C)OC(=O)N1CCC2(CC1)Cc1cc(C=CC(=O)N3CC=C(Cc4cccs4)CC3)cnc1NC2=O. The van der Waals surface area contributed by atoms with Gasteiger partial charge in [-0.3, -0.25) is 9.59 Å². The number of rotatable bonds is 4. The van der Waals surface area contributed by atoms with E-state index in [9.17, 15) is 14.4 Å². The van der Waals surface area contributed by atoms with Crippen LogP contribution in [0.4, 0.5) is 10.6 Å². The highest BCUT2D eigenvalue weighted by molar-refractivity contribution is 7.09. The van der Waals surface area contributed by atoms with Crippen LogP contribution in [-0.2, 0) is 27.2 Å². The van der Waals surface area contributed by atoms with E-state index in [0.29, 0.717) is 44.7 Å². The second kappa shape index (κ2) is 11.0. The summed E-state index contributed by atoms with van der Waals surface area (Å²) >= 11 is 1.77. The molecule has 3 amide bonds. The first-order chi connectivity index (χ1) is 18.6. The minimum Gasteiger partial charge on any atom is -0.444 e. The molecule has 9 heteroatoms. The molecule has 8 nitrogen and oxygen atoms in total. The summed E-state index contributed by atoms with van der Waals surface area (Å²) < 4.78 is 5.50. The molecule has 39 heavy (non-hydrogen) atoms. The minimum absolute atomic E-state index is 0.0153. The average molecular weight is 549 g/mol. The molecule has 5 rings (SSSR count). The molecular weight excluding hydrogens is 512 g/mol. The standard InChI is InChI=1S/C30H36N4O4S/c1-29(2,3)38-28(37)34-14-10-30(11-15-34)19-23-17-22(20-31-26(23)32-27(30)36)6-7-25(35)33-12-8-21(9-13-33)18-24-5-4-16-39-24/h4-8,16-17,20H,9-15,18-19H2,1-3H3,(H,31,32,36). The lowest BCUT2D eigenvalue weighted by atomic mass is 9.71. The summed E-state index contributed by atoms with van der Waals surface area (Å²) in [7, 11) is 0. The predicted molar refractivity (Wildman–Crippen MR) is 152 cm³/mol. The van der Waals surface area contributed by atoms with E-state index in [4.69, 9.17) is 4.74 Å².